The van der Waals surface area contributed by atoms with Crippen molar-refractivity contribution >= 4 is 5.97 Å². The molecule has 2 nitrogen and oxygen atoms in total. The van der Waals surface area contributed by atoms with Crippen molar-refractivity contribution in [3.63, 3.8) is 0 Å². The van der Waals surface area contributed by atoms with Crippen molar-refractivity contribution in [1.29, 1.82) is 0 Å². The molecule has 0 atom stereocenters. The fourth-order valence-corrected chi connectivity index (χ4v) is 1.06. The van der Waals surface area contributed by atoms with Gasteiger partial charge < -0.3 is 5.11 Å². The van der Waals surface area contributed by atoms with Crippen molar-refractivity contribution in [2.24, 2.45) is 5.92 Å². The van der Waals surface area contributed by atoms with Crippen molar-refractivity contribution in [3.05, 3.63) is 35.5 Å². The molecule has 0 aliphatic rings. The van der Waals surface area contributed by atoms with Crippen LogP contribution in [0.15, 0.2) is 35.5 Å². The Morgan fingerprint density at radius 2 is 1.81 bits per heavy atom. The maximum Gasteiger partial charge on any atom is 0.303 e. The zero-order chi connectivity index (χ0) is 12.6. The zero-order valence-corrected chi connectivity index (χ0v) is 10.7. The first-order valence-electron chi connectivity index (χ1n) is 5.66. The number of allylic oxidation sites excluding steroid dienone is 6. The highest BCUT2D eigenvalue weighted by Crippen LogP contribution is 2.10. The van der Waals surface area contributed by atoms with Crippen molar-refractivity contribution in [2.45, 2.75) is 40.5 Å². The number of carboxylic acid groups (broad SMARTS) is 1. The van der Waals surface area contributed by atoms with Crippen LogP contribution in [0.2, 0.25) is 0 Å². The monoisotopic (exact) mass is 222 g/mol. The summed E-state index contributed by atoms with van der Waals surface area (Å²) in [5, 5.41) is 8.65. The summed E-state index contributed by atoms with van der Waals surface area (Å²) in [6, 6.07) is 0. The van der Waals surface area contributed by atoms with Gasteiger partial charge in [-0.15, -0.1) is 0 Å². The summed E-state index contributed by atoms with van der Waals surface area (Å²) in [4.78, 5) is 10.5. The lowest BCUT2D eigenvalue weighted by Crippen LogP contribution is -1.94. The van der Waals surface area contributed by atoms with Crippen LogP contribution < -0.4 is 0 Å². The summed E-state index contributed by atoms with van der Waals surface area (Å²) >= 11 is 0. The molecular weight excluding hydrogens is 200 g/mol. The van der Waals surface area contributed by atoms with Crippen LogP contribution in [0.5, 0.6) is 0 Å². The van der Waals surface area contributed by atoms with E-state index in [2.05, 4.69) is 19.9 Å². The molecule has 90 valence electrons. The van der Waals surface area contributed by atoms with Crippen molar-refractivity contribution in [3.8, 4) is 0 Å². The molecule has 0 amide bonds. The molecule has 0 rings (SSSR count). The first kappa shape index (κ1) is 14.7. The third kappa shape index (κ3) is 9.25. The lowest BCUT2D eigenvalue weighted by molar-refractivity contribution is -0.136. The number of aliphatic carboxylic acids is 1. The summed E-state index contributed by atoms with van der Waals surface area (Å²) in [5.74, 6) is -0.263. The molecule has 0 aliphatic carbocycles. The van der Waals surface area contributed by atoms with Gasteiger partial charge in [0.2, 0.25) is 0 Å². The molecule has 0 aliphatic heterocycles. The third-order valence-corrected chi connectivity index (χ3v) is 1.95. The molecule has 0 heterocycles. The molecule has 0 fully saturated rings. The number of hydrogen-bond donors (Lipinski definition) is 1. The molecule has 16 heavy (non-hydrogen) atoms. The predicted molar refractivity (Wildman–Crippen MR) is 68.4 cm³/mol. The zero-order valence-electron chi connectivity index (χ0n) is 10.7. The largest absolute Gasteiger partial charge is 0.481 e. The van der Waals surface area contributed by atoms with E-state index in [1.54, 1.807) is 0 Å². The van der Waals surface area contributed by atoms with Gasteiger partial charge in [-0.1, -0.05) is 43.7 Å². The second-order valence-corrected chi connectivity index (χ2v) is 4.48. The van der Waals surface area contributed by atoms with Gasteiger partial charge in [0.1, 0.15) is 0 Å². The Morgan fingerprint density at radius 3 is 2.25 bits per heavy atom. The van der Waals surface area contributed by atoms with Gasteiger partial charge in [-0.3, -0.25) is 4.79 Å². The Hall–Kier alpha value is -1.31. The molecule has 0 saturated heterocycles. The van der Waals surface area contributed by atoms with Crippen LogP contribution >= 0.6 is 0 Å². The molecule has 0 radical (unpaired) electrons. The number of hydrogen-bond acceptors (Lipinski definition) is 1. The van der Waals surface area contributed by atoms with Crippen LogP contribution in [-0.2, 0) is 4.79 Å². The fraction of sp³-hybridized carbons (Fsp3) is 0.500. The highest BCUT2D eigenvalue weighted by Gasteiger charge is 1.99. The molecule has 0 spiro atoms. The topological polar surface area (TPSA) is 37.3 Å². The van der Waals surface area contributed by atoms with Crippen LogP contribution in [0.1, 0.15) is 40.5 Å². The summed E-state index contributed by atoms with van der Waals surface area (Å²) in [6.07, 6.45) is 8.89. The van der Waals surface area contributed by atoms with Gasteiger partial charge in [0, 0.05) is 6.42 Å². The summed E-state index contributed by atoms with van der Waals surface area (Å²) in [6.45, 7) is 8.26. The van der Waals surface area contributed by atoms with E-state index in [1.165, 1.54) is 5.57 Å². The summed E-state index contributed by atoms with van der Waals surface area (Å²) in [7, 11) is 0. The van der Waals surface area contributed by atoms with Gasteiger partial charge in [0.15, 0.2) is 0 Å². The van der Waals surface area contributed by atoms with E-state index in [0.717, 1.165) is 5.57 Å². The number of rotatable bonds is 6. The predicted octanol–water partition coefficient (Wildman–Crippen LogP) is 3.96. The summed E-state index contributed by atoms with van der Waals surface area (Å²) < 4.78 is 0. The molecule has 0 aromatic carbocycles. The van der Waals surface area contributed by atoms with E-state index in [9.17, 15) is 4.79 Å². The van der Waals surface area contributed by atoms with Gasteiger partial charge in [0.25, 0.3) is 0 Å². The highest BCUT2D eigenvalue weighted by atomic mass is 16.4. The van der Waals surface area contributed by atoms with E-state index < -0.39 is 5.97 Å². The summed E-state index contributed by atoms with van der Waals surface area (Å²) in [5.41, 5.74) is 2.28. The van der Waals surface area contributed by atoms with Gasteiger partial charge >= 0.3 is 5.97 Å². The number of carboxylic acids is 1. The van der Waals surface area contributed by atoms with E-state index in [4.69, 9.17) is 5.11 Å². The minimum absolute atomic E-state index is 0.185. The van der Waals surface area contributed by atoms with E-state index in [1.807, 2.05) is 32.1 Å². The molecule has 2 heteroatoms. The lowest BCUT2D eigenvalue weighted by atomic mass is 10.1. The normalized spacial score (nSPS) is 12.2. The maximum absolute atomic E-state index is 10.5. The molecule has 0 bridgehead atoms. The van der Waals surface area contributed by atoms with Crippen molar-refractivity contribution in [1.82, 2.24) is 0 Å². The first-order chi connectivity index (χ1) is 7.41. The molecule has 0 unspecified atom stereocenters. The quantitative estimate of drug-likeness (QED) is 0.691. The molecule has 1 N–H and O–H groups in total. The van der Waals surface area contributed by atoms with Crippen LogP contribution in [-0.4, -0.2) is 11.1 Å². The van der Waals surface area contributed by atoms with E-state index in [0.29, 0.717) is 12.3 Å². The maximum atomic E-state index is 10.5. The second kappa shape index (κ2) is 7.91. The molecular formula is C14H22O2. The average molecular weight is 222 g/mol. The standard InChI is InChI=1S/C14H22O2/c1-11(2)5-7-13(8-6-12(3)4)9-10-14(15)16/h5-8,11H,9-10H2,1-4H3,(H,15,16)/b7-5+,13-8-. The molecule has 0 aromatic heterocycles. The van der Waals surface area contributed by atoms with E-state index >= 15 is 0 Å². The average Bonchev–Trinajstić information content (AvgIpc) is 2.15. The number of carbonyl (C=O) groups is 1. The Kier molecular flexibility index (Phi) is 7.27. The van der Waals surface area contributed by atoms with Crippen molar-refractivity contribution in [2.75, 3.05) is 0 Å². The molecule has 0 aromatic rings. The Balaban J connectivity index is 4.56. The van der Waals surface area contributed by atoms with Crippen LogP contribution in [0, 0.1) is 5.92 Å². The fourth-order valence-electron chi connectivity index (χ4n) is 1.06. The Labute approximate surface area is 98.4 Å². The van der Waals surface area contributed by atoms with Crippen LogP contribution in [0.25, 0.3) is 0 Å². The Bertz CT molecular complexity index is 303. The highest BCUT2D eigenvalue weighted by molar-refractivity contribution is 5.67. The van der Waals surface area contributed by atoms with Gasteiger partial charge in [-0.25, -0.2) is 0 Å². The SMILES string of the molecule is CC(C)=C/C=C(/C=C/C(C)C)CCC(=O)O. The van der Waals surface area contributed by atoms with Gasteiger partial charge in [-0.2, -0.15) is 0 Å². The second-order valence-electron chi connectivity index (χ2n) is 4.48. The Morgan fingerprint density at radius 1 is 1.19 bits per heavy atom. The van der Waals surface area contributed by atoms with Gasteiger partial charge in [0.05, 0.1) is 0 Å². The third-order valence-electron chi connectivity index (χ3n) is 1.95. The van der Waals surface area contributed by atoms with Crippen LogP contribution in [0.4, 0.5) is 0 Å². The van der Waals surface area contributed by atoms with Crippen LogP contribution in [0.3, 0.4) is 0 Å². The first-order valence-corrected chi connectivity index (χ1v) is 5.66. The van der Waals surface area contributed by atoms with Gasteiger partial charge in [-0.05, 0) is 31.8 Å². The van der Waals surface area contributed by atoms with Crippen molar-refractivity contribution < 1.29 is 9.90 Å². The lowest BCUT2D eigenvalue weighted by Gasteiger charge is -2.00. The van der Waals surface area contributed by atoms with E-state index in [-0.39, 0.29) is 6.42 Å². The minimum atomic E-state index is -0.749. The smallest absolute Gasteiger partial charge is 0.303 e. The minimum Gasteiger partial charge on any atom is -0.481 e. The molecule has 0 saturated carbocycles.